The average Bonchev–Trinajstić information content (AvgIpc) is 3.39. The highest BCUT2D eigenvalue weighted by Gasteiger charge is 2.49. The zero-order valence-electron chi connectivity index (χ0n) is 18.9. The van der Waals surface area contributed by atoms with Crippen LogP contribution in [-0.2, 0) is 11.3 Å². The number of hydrogen-bond donors (Lipinski definition) is 0. The van der Waals surface area contributed by atoms with E-state index in [4.69, 9.17) is 4.74 Å². The molecule has 1 aliphatic carbocycles. The van der Waals surface area contributed by atoms with Gasteiger partial charge < -0.3 is 9.64 Å². The molecule has 5 rings (SSSR count). The first-order valence-electron chi connectivity index (χ1n) is 12.1. The lowest BCUT2D eigenvalue weighted by Gasteiger charge is -2.48. The highest BCUT2D eigenvalue weighted by atomic mass is 19.1. The summed E-state index contributed by atoms with van der Waals surface area (Å²) in [6.45, 7) is 4.06. The van der Waals surface area contributed by atoms with Crippen molar-refractivity contribution in [2.75, 3.05) is 11.4 Å². The number of halogens is 1. The number of amides is 1. The van der Waals surface area contributed by atoms with Gasteiger partial charge in [0.2, 0.25) is 5.91 Å². The molecule has 2 saturated heterocycles. The van der Waals surface area contributed by atoms with E-state index in [-0.39, 0.29) is 17.3 Å². The molecule has 3 fully saturated rings. The van der Waals surface area contributed by atoms with Crippen molar-refractivity contribution < 1.29 is 13.9 Å². The predicted octanol–water partition coefficient (Wildman–Crippen LogP) is 5.70. The van der Waals surface area contributed by atoms with Gasteiger partial charge in [-0.2, -0.15) is 0 Å². The molecular weight excluding hydrogens is 403 g/mol. The molecule has 3 aliphatic rings. The molecule has 1 amide bonds. The van der Waals surface area contributed by atoms with Gasteiger partial charge in [-0.05, 0) is 87.8 Å². The molecule has 0 bridgehead atoms. The highest BCUT2D eigenvalue weighted by molar-refractivity contribution is 5.97. The molecule has 2 aliphatic heterocycles. The second-order valence-corrected chi connectivity index (χ2v) is 9.88. The van der Waals surface area contributed by atoms with Gasteiger partial charge in [-0.15, -0.1) is 0 Å². The van der Waals surface area contributed by atoms with Crippen molar-refractivity contribution in [1.82, 2.24) is 4.90 Å². The molecule has 5 heteroatoms. The van der Waals surface area contributed by atoms with Gasteiger partial charge in [0, 0.05) is 31.2 Å². The number of piperidine rings is 1. The fraction of sp³-hybridized carbons (Fsp3) is 0.519. The van der Waals surface area contributed by atoms with Gasteiger partial charge in [0.05, 0.1) is 11.6 Å². The van der Waals surface area contributed by atoms with Gasteiger partial charge in [-0.25, -0.2) is 4.39 Å². The van der Waals surface area contributed by atoms with Gasteiger partial charge in [0.1, 0.15) is 11.6 Å². The molecule has 4 nitrogen and oxygen atoms in total. The van der Waals surface area contributed by atoms with Crippen LogP contribution in [0.1, 0.15) is 63.9 Å². The van der Waals surface area contributed by atoms with Crippen molar-refractivity contribution in [2.24, 2.45) is 0 Å². The molecule has 2 heterocycles. The lowest BCUT2D eigenvalue weighted by Crippen LogP contribution is -2.56. The van der Waals surface area contributed by atoms with E-state index in [1.807, 2.05) is 11.0 Å². The zero-order valence-corrected chi connectivity index (χ0v) is 18.9. The Hall–Kier alpha value is -2.40. The summed E-state index contributed by atoms with van der Waals surface area (Å²) < 4.78 is 20.1. The SMILES string of the molecule is C[C@@H]1C[C@]2(CCC(=O)N2c2cccc(F)c2)CCN1Cc1cccc(OC2CCCC2)c1. The summed E-state index contributed by atoms with van der Waals surface area (Å²) in [6.07, 6.45) is 8.46. The van der Waals surface area contributed by atoms with Crippen LogP contribution in [-0.4, -0.2) is 35.0 Å². The molecule has 0 N–H and O–H groups in total. The first kappa shape index (κ1) is 21.4. The summed E-state index contributed by atoms with van der Waals surface area (Å²) in [4.78, 5) is 17.2. The number of rotatable bonds is 5. The smallest absolute Gasteiger partial charge is 0.227 e. The van der Waals surface area contributed by atoms with Crippen LogP contribution in [0, 0.1) is 5.82 Å². The van der Waals surface area contributed by atoms with Crippen LogP contribution in [0.5, 0.6) is 5.75 Å². The van der Waals surface area contributed by atoms with E-state index in [0.29, 0.717) is 24.3 Å². The Labute approximate surface area is 190 Å². The molecule has 1 saturated carbocycles. The third kappa shape index (κ3) is 4.27. The summed E-state index contributed by atoms with van der Waals surface area (Å²) in [6, 6.07) is 15.4. The van der Waals surface area contributed by atoms with Crippen LogP contribution in [0.4, 0.5) is 10.1 Å². The fourth-order valence-electron chi connectivity index (χ4n) is 6.03. The van der Waals surface area contributed by atoms with E-state index in [1.54, 1.807) is 6.07 Å². The summed E-state index contributed by atoms with van der Waals surface area (Å²) >= 11 is 0. The fourth-order valence-corrected chi connectivity index (χ4v) is 6.03. The minimum absolute atomic E-state index is 0.119. The van der Waals surface area contributed by atoms with Crippen LogP contribution in [0.2, 0.25) is 0 Å². The van der Waals surface area contributed by atoms with Crippen molar-refractivity contribution >= 4 is 11.6 Å². The first-order valence-corrected chi connectivity index (χ1v) is 12.1. The van der Waals surface area contributed by atoms with Crippen molar-refractivity contribution in [1.29, 1.82) is 0 Å². The van der Waals surface area contributed by atoms with Gasteiger partial charge >= 0.3 is 0 Å². The molecule has 2 aromatic rings. The van der Waals surface area contributed by atoms with Crippen LogP contribution < -0.4 is 9.64 Å². The highest BCUT2D eigenvalue weighted by Crippen LogP contribution is 2.44. The van der Waals surface area contributed by atoms with Crippen LogP contribution >= 0.6 is 0 Å². The largest absolute Gasteiger partial charge is 0.490 e. The zero-order chi connectivity index (χ0) is 22.1. The molecule has 2 aromatic carbocycles. The molecule has 170 valence electrons. The van der Waals surface area contributed by atoms with Crippen LogP contribution in [0.3, 0.4) is 0 Å². The maximum Gasteiger partial charge on any atom is 0.227 e. The summed E-state index contributed by atoms with van der Waals surface area (Å²) in [5.41, 5.74) is 1.77. The van der Waals surface area contributed by atoms with E-state index in [1.165, 1.54) is 30.5 Å². The standard InChI is InChI=1S/C27H33FN2O2/c1-20-18-27(13-12-26(31)30(27)23-8-5-7-22(28)17-23)14-15-29(20)19-21-6-4-11-25(16-21)32-24-9-2-3-10-24/h4-8,11,16-17,20,24H,2-3,9-10,12-15,18-19H2,1H3/t20-,27+/m1/s1. The summed E-state index contributed by atoms with van der Waals surface area (Å²) in [7, 11) is 0. The lowest BCUT2D eigenvalue weighted by atomic mass is 9.81. The van der Waals surface area contributed by atoms with Crippen molar-refractivity contribution in [2.45, 2.75) is 82.5 Å². The predicted molar refractivity (Wildman–Crippen MR) is 124 cm³/mol. The number of carbonyl (C=O) groups excluding carboxylic acids is 1. The van der Waals surface area contributed by atoms with E-state index in [0.717, 1.165) is 50.9 Å². The van der Waals surface area contributed by atoms with Gasteiger partial charge in [0.25, 0.3) is 0 Å². The maximum atomic E-state index is 13.9. The molecule has 1 spiro atoms. The molecule has 0 aromatic heterocycles. The molecule has 0 unspecified atom stereocenters. The Kier molecular flexibility index (Phi) is 5.93. The molecular formula is C27H33FN2O2. The Morgan fingerprint density at radius 3 is 2.69 bits per heavy atom. The normalized spacial score (nSPS) is 26.9. The van der Waals surface area contributed by atoms with Crippen LogP contribution in [0.15, 0.2) is 48.5 Å². The summed E-state index contributed by atoms with van der Waals surface area (Å²) in [5, 5.41) is 0. The molecule has 0 radical (unpaired) electrons. The third-order valence-corrected chi connectivity index (χ3v) is 7.65. The average molecular weight is 437 g/mol. The second kappa shape index (κ2) is 8.86. The van der Waals surface area contributed by atoms with Gasteiger partial charge in [-0.1, -0.05) is 18.2 Å². The molecule has 32 heavy (non-hydrogen) atoms. The summed E-state index contributed by atoms with van der Waals surface area (Å²) in [5.74, 6) is 0.810. The monoisotopic (exact) mass is 436 g/mol. The number of likely N-dealkylation sites (tertiary alicyclic amines) is 1. The number of anilines is 1. The van der Waals surface area contributed by atoms with E-state index in [9.17, 15) is 9.18 Å². The Balaban J connectivity index is 1.27. The van der Waals surface area contributed by atoms with Gasteiger partial charge in [0.15, 0.2) is 0 Å². The Bertz CT molecular complexity index is 974. The van der Waals surface area contributed by atoms with Crippen molar-refractivity contribution in [3.8, 4) is 5.75 Å². The number of nitrogens with zero attached hydrogens (tertiary/aromatic N) is 2. The van der Waals surface area contributed by atoms with E-state index in [2.05, 4.69) is 36.1 Å². The number of hydrogen-bond acceptors (Lipinski definition) is 3. The van der Waals surface area contributed by atoms with Crippen molar-refractivity contribution in [3.63, 3.8) is 0 Å². The number of benzene rings is 2. The number of ether oxygens (including phenoxy) is 1. The van der Waals surface area contributed by atoms with E-state index >= 15 is 0 Å². The minimum atomic E-state index is -0.289. The quantitative estimate of drug-likeness (QED) is 0.603. The first-order chi connectivity index (χ1) is 15.5. The Morgan fingerprint density at radius 1 is 1.09 bits per heavy atom. The number of carbonyl (C=O) groups is 1. The topological polar surface area (TPSA) is 32.8 Å². The molecule has 2 atom stereocenters. The minimum Gasteiger partial charge on any atom is -0.490 e. The Morgan fingerprint density at radius 2 is 1.91 bits per heavy atom. The van der Waals surface area contributed by atoms with Crippen LogP contribution in [0.25, 0.3) is 0 Å². The van der Waals surface area contributed by atoms with E-state index < -0.39 is 0 Å². The second-order valence-electron chi connectivity index (χ2n) is 9.88. The maximum absolute atomic E-state index is 13.9. The lowest BCUT2D eigenvalue weighted by molar-refractivity contribution is -0.117. The third-order valence-electron chi connectivity index (χ3n) is 7.65. The van der Waals surface area contributed by atoms with Gasteiger partial charge in [-0.3, -0.25) is 9.69 Å². The van der Waals surface area contributed by atoms with Crippen molar-refractivity contribution in [3.05, 3.63) is 59.9 Å².